The summed E-state index contributed by atoms with van der Waals surface area (Å²) in [4.78, 5) is 19.1. The fourth-order valence-corrected chi connectivity index (χ4v) is 3.15. The van der Waals surface area contributed by atoms with Gasteiger partial charge >= 0.3 is 6.18 Å². The predicted molar refractivity (Wildman–Crippen MR) is 114 cm³/mol. The molecular formula is C21H32F3N5O2. The van der Waals surface area contributed by atoms with Crippen LogP contribution in [0, 0.1) is 0 Å². The zero-order chi connectivity index (χ0) is 22.9. The molecule has 0 aliphatic carbocycles. The summed E-state index contributed by atoms with van der Waals surface area (Å²) >= 11 is 0. The Labute approximate surface area is 181 Å². The highest BCUT2D eigenvalue weighted by molar-refractivity contribution is 5.94. The summed E-state index contributed by atoms with van der Waals surface area (Å²) in [5, 5.41) is 9.03. The summed E-state index contributed by atoms with van der Waals surface area (Å²) in [5.41, 5.74) is -0.707. The van der Waals surface area contributed by atoms with Crippen LogP contribution in [0.2, 0.25) is 0 Å². The number of hydrogen-bond acceptors (Lipinski definition) is 4. The minimum absolute atomic E-state index is 0.108. The molecule has 0 saturated carbocycles. The van der Waals surface area contributed by atoms with Crippen LogP contribution in [0.1, 0.15) is 36.7 Å². The van der Waals surface area contributed by atoms with E-state index < -0.39 is 17.6 Å². The number of benzene rings is 1. The molecule has 1 heterocycles. The average Bonchev–Trinajstić information content (AvgIpc) is 2.75. The number of nitrogens with zero attached hydrogens (tertiary/aromatic N) is 2. The lowest BCUT2D eigenvalue weighted by Gasteiger charge is -2.39. The molecule has 1 aromatic rings. The Morgan fingerprint density at radius 1 is 1.06 bits per heavy atom. The number of carbonyl (C=O) groups is 1. The largest absolute Gasteiger partial charge is 0.416 e. The van der Waals surface area contributed by atoms with Crippen molar-refractivity contribution in [1.29, 1.82) is 0 Å². The highest BCUT2D eigenvalue weighted by Gasteiger charge is 2.30. The fraction of sp³-hybridized carbons (Fsp3) is 0.619. The summed E-state index contributed by atoms with van der Waals surface area (Å²) in [5.74, 6) is 0.221. The van der Waals surface area contributed by atoms with Crippen LogP contribution in [-0.4, -0.2) is 74.8 Å². The van der Waals surface area contributed by atoms with Gasteiger partial charge in [0, 0.05) is 43.8 Å². The minimum atomic E-state index is -4.42. The molecule has 0 spiro atoms. The van der Waals surface area contributed by atoms with Gasteiger partial charge in [0.25, 0.3) is 5.91 Å². The molecule has 0 bridgehead atoms. The van der Waals surface area contributed by atoms with Crippen molar-refractivity contribution in [3.05, 3.63) is 35.4 Å². The van der Waals surface area contributed by atoms with Gasteiger partial charge in [0.05, 0.1) is 25.3 Å². The van der Waals surface area contributed by atoms with E-state index >= 15 is 0 Å². The van der Waals surface area contributed by atoms with Crippen LogP contribution in [0.4, 0.5) is 13.2 Å². The van der Waals surface area contributed by atoms with Crippen molar-refractivity contribution in [2.24, 2.45) is 4.99 Å². The smallest absolute Gasteiger partial charge is 0.379 e. The number of guanidine groups is 1. The number of hydrogen-bond donors (Lipinski definition) is 3. The Balaban J connectivity index is 1.81. The molecule has 1 aromatic carbocycles. The molecule has 174 valence electrons. The third kappa shape index (κ3) is 8.02. The van der Waals surface area contributed by atoms with Gasteiger partial charge in [-0.25, -0.2) is 0 Å². The van der Waals surface area contributed by atoms with Gasteiger partial charge in [0.2, 0.25) is 0 Å². The van der Waals surface area contributed by atoms with Gasteiger partial charge in [-0.15, -0.1) is 0 Å². The quantitative estimate of drug-likeness (QED) is 0.326. The predicted octanol–water partition coefficient (Wildman–Crippen LogP) is 2.10. The van der Waals surface area contributed by atoms with E-state index in [1.54, 1.807) is 0 Å². The topological polar surface area (TPSA) is 78.0 Å². The van der Waals surface area contributed by atoms with Crippen LogP contribution in [-0.2, 0) is 10.9 Å². The number of ether oxygens (including phenoxy) is 1. The van der Waals surface area contributed by atoms with Crippen molar-refractivity contribution in [2.75, 3.05) is 52.5 Å². The van der Waals surface area contributed by atoms with E-state index in [-0.39, 0.29) is 11.1 Å². The molecule has 1 saturated heterocycles. The zero-order valence-corrected chi connectivity index (χ0v) is 18.3. The number of alkyl halides is 3. The molecule has 1 aliphatic heterocycles. The summed E-state index contributed by atoms with van der Waals surface area (Å²) in [6.45, 7) is 11.5. The lowest BCUT2D eigenvalue weighted by Crippen LogP contribution is -2.52. The molecular weight excluding hydrogens is 411 g/mol. The lowest BCUT2D eigenvalue weighted by atomic mass is 10.0. The summed E-state index contributed by atoms with van der Waals surface area (Å²) in [6, 6.07) is 4.15. The number of halogens is 3. The first-order valence-corrected chi connectivity index (χ1v) is 10.4. The van der Waals surface area contributed by atoms with E-state index in [1.165, 1.54) is 12.1 Å². The van der Waals surface area contributed by atoms with Crippen LogP contribution in [0.3, 0.4) is 0 Å². The molecule has 0 atom stereocenters. The Morgan fingerprint density at radius 3 is 2.26 bits per heavy atom. The van der Waals surface area contributed by atoms with Gasteiger partial charge < -0.3 is 20.7 Å². The third-order valence-corrected chi connectivity index (χ3v) is 5.01. The van der Waals surface area contributed by atoms with E-state index in [1.807, 2.05) is 6.92 Å². The van der Waals surface area contributed by atoms with Gasteiger partial charge in [-0.05, 0) is 45.0 Å². The molecule has 0 radical (unpaired) electrons. The second-order valence-corrected chi connectivity index (χ2v) is 7.86. The van der Waals surface area contributed by atoms with Crippen LogP contribution in [0.15, 0.2) is 29.3 Å². The van der Waals surface area contributed by atoms with Crippen molar-refractivity contribution in [2.45, 2.75) is 32.5 Å². The maximum absolute atomic E-state index is 12.6. The Hall–Kier alpha value is -2.33. The minimum Gasteiger partial charge on any atom is -0.379 e. The number of amides is 1. The maximum Gasteiger partial charge on any atom is 0.416 e. The van der Waals surface area contributed by atoms with Gasteiger partial charge in [-0.2, -0.15) is 13.2 Å². The molecule has 1 amide bonds. The number of aliphatic imine (C=N–C) groups is 1. The molecule has 31 heavy (non-hydrogen) atoms. The normalized spacial score (nSPS) is 16.1. The molecule has 2 rings (SSSR count). The average molecular weight is 444 g/mol. The van der Waals surface area contributed by atoms with Crippen molar-refractivity contribution in [3.63, 3.8) is 0 Å². The first kappa shape index (κ1) is 24.9. The number of morpholine rings is 1. The van der Waals surface area contributed by atoms with E-state index in [0.29, 0.717) is 32.1 Å². The van der Waals surface area contributed by atoms with Crippen LogP contribution in [0.5, 0.6) is 0 Å². The van der Waals surface area contributed by atoms with Crippen LogP contribution >= 0.6 is 0 Å². The van der Waals surface area contributed by atoms with E-state index in [4.69, 9.17) is 4.74 Å². The van der Waals surface area contributed by atoms with Crippen molar-refractivity contribution in [1.82, 2.24) is 20.9 Å². The van der Waals surface area contributed by atoms with Crippen molar-refractivity contribution < 1.29 is 22.7 Å². The van der Waals surface area contributed by atoms with Gasteiger partial charge in [0.15, 0.2) is 5.96 Å². The van der Waals surface area contributed by atoms with Crippen LogP contribution in [0.25, 0.3) is 0 Å². The monoisotopic (exact) mass is 443 g/mol. The first-order valence-electron chi connectivity index (χ1n) is 10.4. The summed E-state index contributed by atoms with van der Waals surface area (Å²) in [6.07, 6.45) is -4.42. The van der Waals surface area contributed by atoms with Crippen molar-refractivity contribution >= 4 is 11.9 Å². The standard InChI is InChI=1S/C21H32F3N5O2/c1-4-25-19(28-15-20(2,3)29-11-13-31-14-12-29)27-10-9-26-18(30)16-5-7-17(8-6-16)21(22,23)24/h5-8H,4,9-15H2,1-3H3,(H,26,30)(H2,25,27,28). The Kier molecular flexibility index (Phi) is 9.12. The van der Waals surface area contributed by atoms with Gasteiger partial charge in [-0.1, -0.05) is 0 Å². The third-order valence-electron chi connectivity index (χ3n) is 5.01. The zero-order valence-electron chi connectivity index (χ0n) is 18.3. The van der Waals surface area contributed by atoms with E-state index in [9.17, 15) is 18.0 Å². The number of rotatable bonds is 8. The highest BCUT2D eigenvalue weighted by Crippen LogP contribution is 2.29. The fourth-order valence-electron chi connectivity index (χ4n) is 3.15. The Bertz CT molecular complexity index is 730. The molecule has 0 aromatic heterocycles. The lowest BCUT2D eigenvalue weighted by molar-refractivity contribution is -0.137. The SMILES string of the molecule is CCNC(=NCC(C)(C)N1CCOCC1)NCCNC(=O)c1ccc(C(F)(F)F)cc1. The molecule has 10 heteroatoms. The van der Waals surface area contributed by atoms with Gasteiger partial charge in [-0.3, -0.25) is 14.7 Å². The molecule has 3 N–H and O–H groups in total. The maximum atomic E-state index is 12.6. The summed E-state index contributed by atoms with van der Waals surface area (Å²) in [7, 11) is 0. The van der Waals surface area contributed by atoms with E-state index in [0.717, 1.165) is 38.4 Å². The van der Waals surface area contributed by atoms with Gasteiger partial charge in [0.1, 0.15) is 0 Å². The number of carbonyl (C=O) groups excluding carboxylic acids is 1. The molecule has 7 nitrogen and oxygen atoms in total. The molecule has 1 aliphatic rings. The van der Waals surface area contributed by atoms with E-state index in [2.05, 4.69) is 39.7 Å². The second kappa shape index (κ2) is 11.3. The van der Waals surface area contributed by atoms with Crippen LogP contribution < -0.4 is 16.0 Å². The highest BCUT2D eigenvalue weighted by atomic mass is 19.4. The first-order chi connectivity index (χ1) is 14.6. The number of nitrogens with one attached hydrogen (secondary N) is 3. The Morgan fingerprint density at radius 2 is 1.68 bits per heavy atom. The molecule has 1 fully saturated rings. The van der Waals surface area contributed by atoms with Crippen molar-refractivity contribution in [3.8, 4) is 0 Å². The molecule has 0 unspecified atom stereocenters. The second-order valence-electron chi connectivity index (χ2n) is 7.86. The summed E-state index contributed by atoms with van der Waals surface area (Å²) < 4.78 is 43.3.